The van der Waals surface area contributed by atoms with Crippen LogP contribution in [-0.2, 0) is 9.47 Å². The number of anilines is 1. The van der Waals surface area contributed by atoms with Gasteiger partial charge in [-0.05, 0) is 41.9 Å². The predicted octanol–water partition coefficient (Wildman–Crippen LogP) is 3.27. The summed E-state index contributed by atoms with van der Waals surface area (Å²) in [5.41, 5.74) is 0.957. The number of rotatable bonds is 8. The molecule has 0 amide bonds. The summed E-state index contributed by atoms with van der Waals surface area (Å²) in [7, 11) is 1.65. The Kier molecular flexibility index (Phi) is 7.08. The van der Waals surface area contributed by atoms with Gasteiger partial charge in [-0.1, -0.05) is 0 Å². The van der Waals surface area contributed by atoms with Gasteiger partial charge in [0.05, 0.1) is 19.3 Å². The van der Waals surface area contributed by atoms with Gasteiger partial charge in [0.2, 0.25) is 0 Å². The lowest BCUT2D eigenvalue weighted by molar-refractivity contribution is -0.126. The van der Waals surface area contributed by atoms with Crippen LogP contribution >= 0.6 is 15.9 Å². The number of hydrogen-bond acceptors (Lipinski definition) is 4. The van der Waals surface area contributed by atoms with Crippen molar-refractivity contribution in [1.82, 2.24) is 0 Å². The quantitative estimate of drug-likeness (QED) is 0.747. The summed E-state index contributed by atoms with van der Waals surface area (Å²) >= 11 is 3.49. The molecule has 1 rings (SSSR count). The molecule has 0 atom stereocenters. The van der Waals surface area contributed by atoms with E-state index in [-0.39, 0.29) is 6.29 Å². The topological polar surface area (TPSA) is 39.7 Å². The molecule has 0 aromatic heterocycles. The summed E-state index contributed by atoms with van der Waals surface area (Å²) in [5.74, 6) is 0.810. The third-order valence-electron chi connectivity index (χ3n) is 2.34. The van der Waals surface area contributed by atoms with Crippen LogP contribution in [0.5, 0.6) is 5.75 Å². The van der Waals surface area contributed by atoms with Crippen molar-refractivity contribution in [3.63, 3.8) is 0 Å². The average molecular weight is 318 g/mol. The fourth-order valence-electron chi connectivity index (χ4n) is 1.50. The first-order valence-corrected chi connectivity index (χ1v) is 6.81. The molecule has 0 aliphatic rings. The molecule has 1 N–H and O–H groups in total. The lowest BCUT2D eigenvalue weighted by atomic mass is 10.3. The van der Waals surface area contributed by atoms with Crippen LogP contribution in [0.4, 0.5) is 5.69 Å². The number of benzene rings is 1. The molecule has 0 aliphatic heterocycles. The molecule has 0 saturated carbocycles. The summed E-state index contributed by atoms with van der Waals surface area (Å²) in [4.78, 5) is 0. The Morgan fingerprint density at radius 1 is 1.22 bits per heavy atom. The smallest absolute Gasteiger partial charge is 0.174 e. The molecule has 18 heavy (non-hydrogen) atoms. The van der Waals surface area contributed by atoms with Gasteiger partial charge in [0, 0.05) is 23.8 Å². The zero-order chi connectivity index (χ0) is 13.4. The standard InChI is InChI=1S/C13H20BrNO3/c1-4-17-13(18-5-2)9-15-12-8-10(16-3)6-7-11(12)14/h6-8,13,15H,4-5,9H2,1-3H3. The number of nitrogens with one attached hydrogen (secondary N) is 1. The SMILES string of the molecule is CCOC(CNc1cc(OC)ccc1Br)OCC. The molecule has 0 saturated heterocycles. The van der Waals surface area contributed by atoms with E-state index in [4.69, 9.17) is 14.2 Å². The molecule has 0 aliphatic carbocycles. The summed E-state index contributed by atoms with van der Waals surface area (Å²) in [5, 5.41) is 3.28. The van der Waals surface area contributed by atoms with E-state index in [2.05, 4.69) is 21.2 Å². The summed E-state index contributed by atoms with van der Waals surface area (Å²) in [6, 6.07) is 5.77. The largest absolute Gasteiger partial charge is 0.497 e. The summed E-state index contributed by atoms with van der Waals surface area (Å²) in [6.45, 7) is 5.76. The molecule has 0 radical (unpaired) electrons. The lowest BCUT2D eigenvalue weighted by Gasteiger charge is -2.18. The van der Waals surface area contributed by atoms with Gasteiger partial charge in [-0.25, -0.2) is 0 Å². The maximum atomic E-state index is 5.47. The van der Waals surface area contributed by atoms with Gasteiger partial charge in [-0.15, -0.1) is 0 Å². The van der Waals surface area contributed by atoms with Gasteiger partial charge < -0.3 is 19.5 Å². The Hall–Kier alpha value is -0.780. The van der Waals surface area contributed by atoms with Crippen molar-refractivity contribution in [2.45, 2.75) is 20.1 Å². The van der Waals surface area contributed by atoms with Crippen LogP contribution in [0.3, 0.4) is 0 Å². The summed E-state index contributed by atoms with van der Waals surface area (Å²) < 4.78 is 17.1. The molecule has 1 aromatic carbocycles. The Labute approximate surface area is 117 Å². The Bertz CT molecular complexity index is 354. The fraction of sp³-hybridized carbons (Fsp3) is 0.538. The number of halogens is 1. The second kappa shape index (κ2) is 8.34. The molecule has 102 valence electrons. The number of ether oxygens (including phenoxy) is 3. The van der Waals surface area contributed by atoms with Crippen molar-refractivity contribution in [1.29, 1.82) is 0 Å². The minimum Gasteiger partial charge on any atom is -0.497 e. The third-order valence-corrected chi connectivity index (χ3v) is 3.03. The van der Waals surface area contributed by atoms with Crippen LogP contribution in [0.2, 0.25) is 0 Å². The molecule has 0 unspecified atom stereocenters. The monoisotopic (exact) mass is 317 g/mol. The predicted molar refractivity (Wildman–Crippen MR) is 76.2 cm³/mol. The van der Waals surface area contributed by atoms with Crippen molar-refractivity contribution in [2.75, 3.05) is 32.2 Å². The third kappa shape index (κ3) is 4.84. The van der Waals surface area contributed by atoms with Crippen LogP contribution < -0.4 is 10.1 Å². The highest BCUT2D eigenvalue weighted by molar-refractivity contribution is 9.10. The molecule has 0 bridgehead atoms. The number of hydrogen-bond donors (Lipinski definition) is 1. The second-order valence-electron chi connectivity index (χ2n) is 3.57. The van der Waals surface area contributed by atoms with Crippen LogP contribution in [0.25, 0.3) is 0 Å². The van der Waals surface area contributed by atoms with Crippen LogP contribution in [0.15, 0.2) is 22.7 Å². The molecular formula is C13H20BrNO3. The highest BCUT2D eigenvalue weighted by atomic mass is 79.9. The van der Waals surface area contributed by atoms with Crippen molar-refractivity contribution in [3.05, 3.63) is 22.7 Å². The van der Waals surface area contributed by atoms with Gasteiger partial charge in [-0.2, -0.15) is 0 Å². The van der Waals surface area contributed by atoms with E-state index in [1.807, 2.05) is 32.0 Å². The molecular weight excluding hydrogens is 298 g/mol. The van der Waals surface area contributed by atoms with Crippen molar-refractivity contribution < 1.29 is 14.2 Å². The lowest BCUT2D eigenvalue weighted by Crippen LogP contribution is -2.26. The van der Waals surface area contributed by atoms with Gasteiger partial charge in [0.15, 0.2) is 6.29 Å². The molecule has 0 spiro atoms. The van der Waals surface area contributed by atoms with Crippen LogP contribution in [0.1, 0.15) is 13.8 Å². The zero-order valence-corrected chi connectivity index (χ0v) is 12.6. The Morgan fingerprint density at radius 2 is 1.89 bits per heavy atom. The van der Waals surface area contributed by atoms with E-state index in [9.17, 15) is 0 Å². The highest BCUT2D eigenvalue weighted by Gasteiger charge is 2.09. The van der Waals surface area contributed by atoms with E-state index in [1.54, 1.807) is 7.11 Å². The average Bonchev–Trinajstić information content (AvgIpc) is 2.38. The minimum absolute atomic E-state index is 0.238. The molecule has 4 nitrogen and oxygen atoms in total. The fourth-order valence-corrected chi connectivity index (χ4v) is 1.88. The Balaban J connectivity index is 2.60. The first-order valence-electron chi connectivity index (χ1n) is 6.01. The normalized spacial score (nSPS) is 10.7. The molecule has 1 aromatic rings. The maximum absolute atomic E-state index is 5.47. The van der Waals surface area contributed by atoms with E-state index < -0.39 is 0 Å². The first-order chi connectivity index (χ1) is 8.71. The van der Waals surface area contributed by atoms with Gasteiger partial charge in [0.1, 0.15) is 5.75 Å². The molecule has 5 heteroatoms. The molecule has 0 fully saturated rings. The van der Waals surface area contributed by atoms with E-state index >= 15 is 0 Å². The zero-order valence-electron chi connectivity index (χ0n) is 11.0. The van der Waals surface area contributed by atoms with Crippen LogP contribution in [0, 0.1) is 0 Å². The van der Waals surface area contributed by atoms with E-state index in [0.717, 1.165) is 15.9 Å². The van der Waals surface area contributed by atoms with Gasteiger partial charge >= 0.3 is 0 Å². The van der Waals surface area contributed by atoms with Crippen molar-refractivity contribution in [2.24, 2.45) is 0 Å². The minimum atomic E-state index is -0.238. The van der Waals surface area contributed by atoms with Crippen LogP contribution in [-0.4, -0.2) is 33.2 Å². The number of methoxy groups -OCH3 is 1. The Morgan fingerprint density at radius 3 is 2.44 bits per heavy atom. The van der Waals surface area contributed by atoms with Gasteiger partial charge in [-0.3, -0.25) is 0 Å². The van der Waals surface area contributed by atoms with E-state index in [1.165, 1.54) is 0 Å². The van der Waals surface area contributed by atoms with Crippen molar-refractivity contribution >= 4 is 21.6 Å². The summed E-state index contributed by atoms with van der Waals surface area (Å²) in [6.07, 6.45) is -0.238. The second-order valence-corrected chi connectivity index (χ2v) is 4.42. The first kappa shape index (κ1) is 15.3. The highest BCUT2D eigenvalue weighted by Crippen LogP contribution is 2.27. The van der Waals surface area contributed by atoms with E-state index in [0.29, 0.717) is 19.8 Å². The maximum Gasteiger partial charge on any atom is 0.174 e. The van der Waals surface area contributed by atoms with Gasteiger partial charge in [0.25, 0.3) is 0 Å². The van der Waals surface area contributed by atoms with Crippen molar-refractivity contribution in [3.8, 4) is 5.75 Å². The molecule has 0 heterocycles.